The maximum absolute atomic E-state index is 5.87. The molecule has 1 fully saturated rings. The summed E-state index contributed by atoms with van der Waals surface area (Å²) in [6, 6.07) is 9.21. The van der Waals surface area contributed by atoms with Crippen molar-refractivity contribution in [1.29, 1.82) is 0 Å². The fourth-order valence-electron chi connectivity index (χ4n) is 2.61. The van der Waals surface area contributed by atoms with Gasteiger partial charge in [-0.05, 0) is 43.9 Å². The van der Waals surface area contributed by atoms with Gasteiger partial charge in [-0.25, -0.2) is 0 Å². The number of benzene rings is 1. The molecule has 1 atom stereocenters. The molecule has 2 heteroatoms. The van der Waals surface area contributed by atoms with Crippen molar-refractivity contribution in [1.82, 2.24) is 5.32 Å². The van der Waals surface area contributed by atoms with Gasteiger partial charge in [-0.15, -0.1) is 0 Å². The van der Waals surface area contributed by atoms with E-state index in [1.807, 2.05) is 0 Å². The van der Waals surface area contributed by atoms with Gasteiger partial charge < -0.3 is 10.1 Å². The Balaban J connectivity index is 1.84. The van der Waals surface area contributed by atoms with Crippen LogP contribution in [0.2, 0.25) is 0 Å². The van der Waals surface area contributed by atoms with E-state index >= 15 is 0 Å². The summed E-state index contributed by atoms with van der Waals surface area (Å²) in [7, 11) is 0. The van der Waals surface area contributed by atoms with Crippen LogP contribution in [0.3, 0.4) is 0 Å². The van der Waals surface area contributed by atoms with Crippen LogP contribution in [0.4, 0.5) is 0 Å². The summed E-state index contributed by atoms with van der Waals surface area (Å²) in [5.41, 5.74) is 1.33. The van der Waals surface area contributed by atoms with E-state index in [-0.39, 0.29) is 0 Å². The van der Waals surface area contributed by atoms with Gasteiger partial charge in [0.1, 0.15) is 5.75 Å². The van der Waals surface area contributed by atoms with Crippen molar-refractivity contribution in [2.75, 3.05) is 0 Å². The molecule has 1 aliphatic rings. The Labute approximate surface area is 117 Å². The fraction of sp³-hybridized carbons (Fsp3) is 0.647. The van der Waals surface area contributed by atoms with Crippen LogP contribution in [-0.4, -0.2) is 12.1 Å². The molecule has 1 unspecified atom stereocenters. The van der Waals surface area contributed by atoms with Gasteiger partial charge in [0.2, 0.25) is 0 Å². The normalized spacial score (nSPS) is 18.2. The molecule has 1 aliphatic carbocycles. The van der Waals surface area contributed by atoms with Crippen LogP contribution >= 0.6 is 0 Å². The second-order valence-corrected chi connectivity index (χ2v) is 5.70. The molecule has 106 valence electrons. The third-order valence-electron chi connectivity index (χ3n) is 4.01. The summed E-state index contributed by atoms with van der Waals surface area (Å²) in [5, 5.41) is 3.68. The minimum atomic E-state index is 0.293. The molecule has 1 aromatic carbocycles. The molecule has 19 heavy (non-hydrogen) atoms. The van der Waals surface area contributed by atoms with Crippen molar-refractivity contribution >= 4 is 0 Å². The Hall–Kier alpha value is -1.02. The number of ether oxygens (including phenoxy) is 1. The van der Waals surface area contributed by atoms with Crippen LogP contribution < -0.4 is 10.1 Å². The Kier molecular flexibility index (Phi) is 5.71. The zero-order chi connectivity index (χ0) is 13.5. The average molecular weight is 261 g/mol. The zero-order valence-electron chi connectivity index (χ0n) is 12.3. The van der Waals surface area contributed by atoms with Crippen molar-refractivity contribution < 1.29 is 4.74 Å². The van der Waals surface area contributed by atoms with E-state index in [1.165, 1.54) is 37.7 Å². The molecule has 2 rings (SSSR count). The van der Waals surface area contributed by atoms with Crippen molar-refractivity contribution in [3.8, 4) is 5.75 Å². The molecule has 2 nitrogen and oxygen atoms in total. The van der Waals surface area contributed by atoms with E-state index < -0.39 is 0 Å². The van der Waals surface area contributed by atoms with E-state index in [0.29, 0.717) is 12.1 Å². The van der Waals surface area contributed by atoms with Crippen LogP contribution in [0, 0.1) is 0 Å². The quantitative estimate of drug-likeness (QED) is 0.825. The van der Waals surface area contributed by atoms with Gasteiger partial charge in [0.15, 0.2) is 0 Å². The van der Waals surface area contributed by atoms with E-state index in [0.717, 1.165) is 18.7 Å². The van der Waals surface area contributed by atoms with Crippen molar-refractivity contribution in [3.63, 3.8) is 0 Å². The average Bonchev–Trinajstić information content (AvgIpc) is 2.46. The maximum Gasteiger partial charge on any atom is 0.120 e. The van der Waals surface area contributed by atoms with Gasteiger partial charge in [-0.1, -0.05) is 38.3 Å². The number of nitrogens with one attached hydrogen (secondary N) is 1. The lowest BCUT2D eigenvalue weighted by molar-refractivity contribution is 0.217. The first kappa shape index (κ1) is 14.4. The Morgan fingerprint density at radius 3 is 2.79 bits per heavy atom. The first-order valence-corrected chi connectivity index (χ1v) is 7.77. The van der Waals surface area contributed by atoms with Crippen molar-refractivity contribution in [3.05, 3.63) is 29.8 Å². The molecule has 0 aromatic heterocycles. The molecule has 0 spiro atoms. The van der Waals surface area contributed by atoms with E-state index in [2.05, 4.69) is 43.4 Å². The molecular weight excluding hydrogens is 234 g/mol. The summed E-state index contributed by atoms with van der Waals surface area (Å²) >= 11 is 0. The van der Waals surface area contributed by atoms with Crippen LogP contribution in [-0.2, 0) is 6.54 Å². The lowest BCUT2D eigenvalue weighted by Crippen LogP contribution is -2.30. The topological polar surface area (TPSA) is 21.3 Å². The largest absolute Gasteiger partial charge is 0.491 e. The molecule has 1 N–H and O–H groups in total. The van der Waals surface area contributed by atoms with Gasteiger partial charge in [0, 0.05) is 12.6 Å². The predicted octanol–water partition coefficient (Wildman–Crippen LogP) is 4.29. The summed E-state index contributed by atoms with van der Waals surface area (Å²) < 4.78 is 5.87. The van der Waals surface area contributed by atoms with Crippen LogP contribution in [0.15, 0.2) is 24.3 Å². The van der Waals surface area contributed by atoms with Gasteiger partial charge in [0.25, 0.3) is 0 Å². The smallest absolute Gasteiger partial charge is 0.120 e. The monoisotopic (exact) mass is 261 g/mol. The molecular formula is C17H27NO. The van der Waals surface area contributed by atoms with Crippen LogP contribution in [0.5, 0.6) is 5.75 Å². The molecule has 0 amide bonds. The number of hydrogen-bond donors (Lipinski definition) is 1. The summed E-state index contributed by atoms with van der Waals surface area (Å²) in [6.07, 6.45) is 8.19. The van der Waals surface area contributed by atoms with Crippen LogP contribution in [0.1, 0.15) is 57.9 Å². The second-order valence-electron chi connectivity index (χ2n) is 5.70. The van der Waals surface area contributed by atoms with Gasteiger partial charge in [0.05, 0.1) is 6.10 Å². The highest BCUT2D eigenvalue weighted by Crippen LogP contribution is 2.19. The van der Waals surface area contributed by atoms with Gasteiger partial charge in [-0.3, -0.25) is 0 Å². The SMILES string of the molecule is CCC(C)Oc1cccc(CNC2CCCCC2)c1. The minimum Gasteiger partial charge on any atom is -0.491 e. The standard InChI is InChI=1S/C17H27NO/c1-3-14(2)19-17-11-7-8-15(12-17)13-18-16-9-5-4-6-10-16/h7-8,11-12,14,16,18H,3-6,9-10,13H2,1-2H3. The Bertz CT molecular complexity index is 371. The van der Waals surface area contributed by atoms with Gasteiger partial charge >= 0.3 is 0 Å². The van der Waals surface area contributed by atoms with E-state index in [4.69, 9.17) is 4.74 Å². The summed E-state index contributed by atoms with van der Waals surface area (Å²) in [4.78, 5) is 0. The number of hydrogen-bond acceptors (Lipinski definition) is 2. The predicted molar refractivity (Wildman–Crippen MR) is 80.5 cm³/mol. The zero-order valence-corrected chi connectivity index (χ0v) is 12.3. The molecule has 0 saturated heterocycles. The lowest BCUT2D eigenvalue weighted by Gasteiger charge is -2.23. The molecule has 0 bridgehead atoms. The molecule has 0 radical (unpaired) electrons. The van der Waals surface area contributed by atoms with Gasteiger partial charge in [-0.2, -0.15) is 0 Å². The first-order valence-electron chi connectivity index (χ1n) is 7.77. The van der Waals surface area contributed by atoms with Crippen LogP contribution in [0.25, 0.3) is 0 Å². The minimum absolute atomic E-state index is 0.293. The third kappa shape index (κ3) is 4.87. The highest BCUT2D eigenvalue weighted by Gasteiger charge is 2.12. The third-order valence-corrected chi connectivity index (χ3v) is 4.01. The Morgan fingerprint density at radius 1 is 1.26 bits per heavy atom. The first-order chi connectivity index (χ1) is 9.28. The second kappa shape index (κ2) is 7.54. The molecule has 1 aromatic rings. The van der Waals surface area contributed by atoms with E-state index in [9.17, 15) is 0 Å². The van der Waals surface area contributed by atoms with Crippen molar-refractivity contribution in [2.24, 2.45) is 0 Å². The number of rotatable bonds is 6. The lowest BCUT2D eigenvalue weighted by atomic mass is 9.95. The Morgan fingerprint density at radius 2 is 2.05 bits per heavy atom. The molecule has 1 saturated carbocycles. The summed E-state index contributed by atoms with van der Waals surface area (Å²) in [5.74, 6) is 0.997. The molecule has 0 heterocycles. The summed E-state index contributed by atoms with van der Waals surface area (Å²) in [6.45, 7) is 5.23. The maximum atomic E-state index is 5.87. The van der Waals surface area contributed by atoms with Crippen molar-refractivity contribution in [2.45, 2.75) is 71.1 Å². The van der Waals surface area contributed by atoms with E-state index in [1.54, 1.807) is 0 Å². The molecule has 0 aliphatic heterocycles. The fourth-order valence-corrected chi connectivity index (χ4v) is 2.61. The highest BCUT2D eigenvalue weighted by atomic mass is 16.5. The highest BCUT2D eigenvalue weighted by molar-refractivity contribution is 5.28.